The van der Waals surface area contributed by atoms with E-state index in [2.05, 4.69) is 5.32 Å². The molecule has 0 bridgehead atoms. The number of rotatable bonds is 5. The summed E-state index contributed by atoms with van der Waals surface area (Å²) < 4.78 is 6.87. The van der Waals surface area contributed by atoms with Gasteiger partial charge < -0.3 is 14.6 Å². The molecule has 0 unspecified atom stereocenters. The smallest absolute Gasteiger partial charge is 0.258 e. The zero-order valence-electron chi connectivity index (χ0n) is 12.1. The molecule has 0 saturated carbocycles. The zero-order chi connectivity index (χ0) is 15.2. The van der Waals surface area contributed by atoms with Crippen LogP contribution in [0.4, 0.5) is 0 Å². The zero-order valence-corrected chi connectivity index (χ0v) is 12.1. The van der Waals surface area contributed by atoms with Gasteiger partial charge in [-0.2, -0.15) is 0 Å². The van der Waals surface area contributed by atoms with E-state index in [0.717, 1.165) is 5.56 Å². The number of ether oxygens (including phenoxy) is 1. The molecule has 1 heterocycles. The van der Waals surface area contributed by atoms with Gasteiger partial charge in [-0.1, -0.05) is 18.2 Å². The Morgan fingerprint density at radius 3 is 2.86 bits per heavy atom. The van der Waals surface area contributed by atoms with Crippen molar-refractivity contribution in [2.24, 2.45) is 7.05 Å². The molecule has 110 valence electrons. The first-order valence-corrected chi connectivity index (χ1v) is 6.67. The molecule has 0 aliphatic carbocycles. The normalized spacial score (nSPS) is 10.2. The fraction of sp³-hybridized carbons (Fsp3) is 0.250. The average molecular weight is 286 g/mol. The number of pyridine rings is 1. The molecular weight excluding hydrogens is 268 g/mol. The second-order valence-corrected chi connectivity index (χ2v) is 4.83. The van der Waals surface area contributed by atoms with Crippen LogP contribution in [0.15, 0.2) is 47.4 Å². The topological polar surface area (TPSA) is 60.3 Å². The Labute approximate surface area is 123 Å². The minimum atomic E-state index is -0.262. The van der Waals surface area contributed by atoms with Gasteiger partial charge in [0.2, 0.25) is 0 Å². The van der Waals surface area contributed by atoms with Gasteiger partial charge in [0.15, 0.2) is 6.61 Å². The lowest BCUT2D eigenvalue weighted by Crippen LogP contribution is -2.31. The second-order valence-electron chi connectivity index (χ2n) is 4.83. The first-order chi connectivity index (χ1) is 10.1. The number of hydrogen-bond acceptors (Lipinski definition) is 3. The van der Waals surface area contributed by atoms with E-state index in [1.807, 2.05) is 25.1 Å². The Kier molecular flexibility index (Phi) is 4.77. The highest BCUT2D eigenvalue weighted by molar-refractivity contribution is 5.77. The van der Waals surface area contributed by atoms with Crippen LogP contribution in [-0.4, -0.2) is 17.1 Å². The van der Waals surface area contributed by atoms with E-state index in [4.69, 9.17) is 4.74 Å². The Balaban J connectivity index is 1.85. The van der Waals surface area contributed by atoms with E-state index >= 15 is 0 Å². The minimum Gasteiger partial charge on any atom is -0.484 e. The molecular formula is C16H18N2O3. The van der Waals surface area contributed by atoms with Gasteiger partial charge >= 0.3 is 0 Å². The standard InChI is InChI=1S/C16H18N2O3/c1-12-5-3-7-14(9-12)21-11-15(19)17-10-13-6-4-8-18(2)16(13)20/h3-9H,10-11H2,1-2H3,(H,17,19). The quantitative estimate of drug-likeness (QED) is 0.903. The van der Waals surface area contributed by atoms with E-state index in [-0.39, 0.29) is 24.6 Å². The van der Waals surface area contributed by atoms with Crippen LogP contribution in [0.1, 0.15) is 11.1 Å². The molecule has 0 aliphatic rings. The maximum absolute atomic E-state index is 11.8. The van der Waals surface area contributed by atoms with E-state index in [9.17, 15) is 9.59 Å². The third-order valence-electron chi connectivity index (χ3n) is 3.04. The third kappa shape index (κ3) is 4.21. The Morgan fingerprint density at radius 2 is 2.10 bits per heavy atom. The van der Waals surface area contributed by atoms with Gasteiger partial charge in [0.05, 0.1) is 0 Å². The minimum absolute atomic E-state index is 0.0728. The SMILES string of the molecule is Cc1cccc(OCC(=O)NCc2cccn(C)c2=O)c1. The molecule has 2 rings (SSSR count). The van der Waals surface area contributed by atoms with Gasteiger partial charge in [-0.3, -0.25) is 9.59 Å². The lowest BCUT2D eigenvalue weighted by Gasteiger charge is -2.08. The predicted molar refractivity (Wildman–Crippen MR) is 80.2 cm³/mol. The van der Waals surface area contributed by atoms with E-state index in [1.165, 1.54) is 4.57 Å². The van der Waals surface area contributed by atoms with Gasteiger partial charge in [-0.25, -0.2) is 0 Å². The molecule has 21 heavy (non-hydrogen) atoms. The van der Waals surface area contributed by atoms with Gasteiger partial charge in [-0.05, 0) is 30.7 Å². The molecule has 0 aliphatic heterocycles. The lowest BCUT2D eigenvalue weighted by atomic mass is 10.2. The average Bonchev–Trinajstić information content (AvgIpc) is 2.47. The highest BCUT2D eigenvalue weighted by Crippen LogP contribution is 2.11. The van der Waals surface area contributed by atoms with Crippen LogP contribution in [0.25, 0.3) is 0 Å². The van der Waals surface area contributed by atoms with Crippen molar-refractivity contribution in [3.8, 4) is 5.75 Å². The summed E-state index contributed by atoms with van der Waals surface area (Å²) in [7, 11) is 1.68. The fourth-order valence-corrected chi connectivity index (χ4v) is 1.89. The maximum atomic E-state index is 11.8. The van der Waals surface area contributed by atoms with Gasteiger partial charge in [0.1, 0.15) is 5.75 Å². The van der Waals surface area contributed by atoms with Crippen LogP contribution in [0.3, 0.4) is 0 Å². The molecule has 0 spiro atoms. The lowest BCUT2D eigenvalue weighted by molar-refractivity contribution is -0.123. The molecule has 1 aromatic heterocycles. The first-order valence-electron chi connectivity index (χ1n) is 6.67. The molecule has 5 heteroatoms. The monoisotopic (exact) mass is 286 g/mol. The van der Waals surface area contributed by atoms with E-state index in [0.29, 0.717) is 11.3 Å². The number of nitrogens with zero attached hydrogens (tertiary/aromatic N) is 1. The van der Waals surface area contributed by atoms with Crippen LogP contribution >= 0.6 is 0 Å². The van der Waals surface area contributed by atoms with Crippen LogP contribution in [0.2, 0.25) is 0 Å². The van der Waals surface area contributed by atoms with Crippen LogP contribution in [0, 0.1) is 6.92 Å². The molecule has 2 aromatic rings. The number of aromatic nitrogens is 1. The summed E-state index contributed by atoms with van der Waals surface area (Å²) >= 11 is 0. The van der Waals surface area contributed by atoms with Crippen molar-refractivity contribution in [2.75, 3.05) is 6.61 Å². The summed E-state index contributed by atoms with van der Waals surface area (Å²) in [5.74, 6) is 0.392. The van der Waals surface area contributed by atoms with Crippen molar-refractivity contribution < 1.29 is 9.53 Å². The van der Waals surface area contributed by atoms with Crippen molar-refractivity contribution in [1.82, 2.24) is 9.88 Å². The Hall–Kier alpha value is -2.56. The van der Waals surface area contributed by atoms with Crippen molar-refractivity contribution in [1.29, 1.82) is 0 Å². The van der Waals surface area contributed by atoms with Gasteiger partial charge in [-0.15, -0.1) is 0 Å². The summed E-state index contributed by atoms with van der Waals surface area (Å²) in [5.41, 5.74) is 1.50. The molecule has 0 fully saturated rings. The Morgan fingerprint density at radius 1 is 1.29 bits per heavy atom. The molecule has 1 amide bonds. The van der Waals surface area contributed by atoms with E-state index in [1.54, 1.807) is 31.4 Å². The fourth-order valence-electron chi connectivity index (χ4n) is 1.89. The molecule has 1 N–H and O–H groups in total. The number of carbonyl (C=O) groups is 1. The summed E-state index contributed by atoms with van der Waals surface area (Å²) in [5, 5.41) is 2.67. The number of amides is 1. The first kappa shape index (κ1) is 14.8. The predicted octanol–water partition coefficient (Wildman–Crippen LogP) is 1.39. The van der Waals surface area contributed by atoms with Gasteiger partial charge in [0, 0.05) is 25.4 Å². The molecule has 0 atom stereocenters. The summed E-state index contributed by atoms with van der Waals surface area (Å²) in [6.07, 6.45) is 1.68. The van der Waals surface area contributed by atoms with Crippen LogP contribution in [-0.2, 0) is 18.4 Å². The number of carbonyl (C=O) groups excluding carboxylic acids is 1. The van der Waals surface area contributed by atoms with Crippen molar-refractivity contribution in [2.45, 2.75) is 13.5 Å². The van der Waals surface area contributed by atoms with Crippen molar-refractivity contribution in [3.05, 3.63) is 64.1 Å². The summed E-state index contributed by atoms with van der Waals surface area (Å²) in [6, 6.07) is 11.0. The number of benzene rings is 1. The number of nitrogens with one attached hydrogen (secondary N) is 1. The number of hydrogen-bond donors (Lipinski definition) is 1. The highest BCUT2D eigenvalue weighted by atomic mass is 16.5. The van der Waals surface area contributed by atoms with Crippen molar-refractivity contribution >= 4 is 5.91 Å². The maximum Gasteiger partial charge on any atom is 0.258 e. The molecule has 5 nitrogen and oxygen atoms in total. The van der Waals surface area contributed by atoms with Gasteiger partial charge in [0.25, 0.3) is 11.5 Å². The largest absolute Gasteiger partial charge is 0.484 e. The second kappa shape index (κ2) is 6.74. The summed E-state index contributed by atoms with van der Waals surface area (Å²) in [6.45, 7) is 2.08. The molecule has 0 saturated heterocycles. The van der Waals surface area contributed by atoms with Crippen LogP contribution < -0.4 is 15.6 Å². The molecule has 0 radical (unpaired) electrons. The van der Waals surface area contributed by atoms with E-state index < -0.39 is 0 Å². The number of aryl methyl sites for hydroxylation is 2. The Bertz CT molecular complexity index is 692. The highest BCUT2D eigenvalue weighted by Gasteiger charge is 2.05. The van der Waals surface area contributed by atoms with Crippen molar-refractivity contribution in [3.63, 3.8) is 0 Å². The third-order valence-corrected chi connectivity index (χ3v) is 3.04. The summed E-state index contributed by atoms with van der Waals surface area (Å²) in [4.78, 5) is 23.5. The van der Waals surface area contributed by atoms with Crippen LogP contribution in [0.5, 0.6) is 5.75 Å². The molecule has 1 aromatic carbocycles.